The third-order valence-corrected chi connectivity index (χ3v) is 4.42. The Kier molecular flexibility index (Phi) is 4.77. The molecular formula is C20H18N2O5. The van der Waals surface area contributed by atoms with E-state index in [2.05, 4.69) is 5.32 Å². The summed E-state index contributed by atoms with van der Waals surface area (Å²) < 4.78 is 0. The first-order chi connectivity index (χ1) is 12.8. The second-order valence-electron chi connectivity index (χ2n) is 6.39. The van der Waals surface area contributed by atoms with Gasteiger partial charge in [0.2, 0.25) is 0 Å². The van der Waals surface area contributed by atoms with Crippen molar-refractivity contribution in [3.63, 3.8) is 0 Å². The first-order valence-corrected chi connectivity index (χ1v) is 8.34. The number of nitrogens with one attached hydrogen (secondary N) is 1. The summed E-state index contributed by atoms with van der Waals surface area (Å²) in [7, 11) is 0. The first-order valence-electron chi connectivity index (χ1n) is 8.34. The van der Waals surface area contributed by atoms with Gasteiger partial charge in [0.25, 0.3) is 17.7 Å². The topological polar surface area (TPSA) is 92.8 Å². The Bertz CT molecular complexity index is 897. The van der Waals surface area contributed by atoms with Crippen LogP contribution in [-0.2, 0) is 19.2 Å². The molecule has 0 spiro atoms. The van der Waals surface area contributed by atoms with Crippen molar-refractivity contribution in [2.24, 2.45) is 0 Å². The molecule has 1 fully saturated rings. The molecular weight excluding hydrogens is 348 g/mol. The number of amides is 3. The Morgan fingerprint density at radius 1 is 1.00 bits per heavy atom. The van der Waals surface area contributed by atoms with E-state index in [9.17, 15) is 19.2 Å². The number of nitrogens with zero attached hydrogens (tertiary/aromatic N) is 1. The van der Waals surface area contributed by atoms with E-state index < -0.39 is 35.1 Å². The van der Waals surface area contributed by atoms with Crippen molar-refractivity contribution in [1.29, 1.82) is 0 Å². The Labute approximate surface area is 155 Å². The van der Waals surface area contributed by atoms with E-state index in [1.54, 1.807) is 60.7 Å². The molecule has 7 heteroatoms. The number of hydrogen-bond acceptors (Lipinski definition) is 5. The third kappa shape index (κ3) is 3.31. The highest BCUT2D eigenvalue weighted by Gasteiger charge is 2.60. The lowest BCUT2D eigenvalue weighted by molar-refractivity contribution is -0.197. The molecule has 0 radical (unpaired) electrons. The largest absolute Gasteiger partial charge is 0.337 e. The summed E-state index contributed by atoms with van der Waals surface area (Å²) in [5, 5.41) is 3.10. The lowest BCUT2D eigenvalue weighted by Gasteiger charge is -2.28. The van der Waals surface area contributed by atoms with Crippen LogP contribution < -0.4 is 5.32 Å². The molecule has 0 bridgehead atoms. The number of rotatable bonds is 4. The SMILES string of the molecule is CC(=O)ON1C(=O)[C@H](c2ccccc2)[C@@](C)(NC(=O)c2ccccc2)C1=O. The zero-order valence-corrected chi connectivity index (χ0v) is 14.8. The molecule has 0 aliphatic carbocycles. The van der Waals surface area contributed by atoms with Gasteiger partial charge in [-0.2, -0.15) is 0 Å². The van der Waals surface area contributed by atoms with Crippen LogP contribution in [0.2, 0.25) is 0 Å². The van der Waals surface area contributed by atoms with Crippen LogP contribution in [0.5, 0.6) is 0 Å². The monoisotopic (exact) mass is 366 g/mol. The fraction of sp³-hybridized carbons (Fsp3) is 0.200. The molecule has 0 saturated carbocycles. The van der Waals surface area contributed by atoms with Crippen LogP contribution in [0.3, 0.4) is 0 Å². The number of hydroxylamine groups is 2. The molecule has 2 aromatic carbocycles. The molecule has 3 amide bonds. The summed E-state index contributed by atoms with van der Waals surface area (Å²) >= 11 is 0. The molecule has 1 heterocycles. The Morgan fingerprint density at radius 3 is 2.11 bits per heavy atom. The quantitative estimate of drug-likeness (QED) is 0.833. The van der Waals surface area contributed by atoms with Crippen LogP contribution in [0, 0.1) is 0 Å². The van der Waals surface area contributed by atoms with Crippen LogP contribution in [0.25, 0.3) is 0 Å². The van der Waals surface area contributed by atoms with Crippen molar-refractivity contribution in [2.75, 3.05) is 0 Å². The van der Waals surface area contributed by atoms with Crippen molar-refractivity contribution in [3.8, 4) is 0 Å². The second kappa shape index (κ2) is 7.03. The van der Waals surface area contributed by atoms with Crippen molar-refractivity contribution >= 4 is 23.7 Å². The van der Waals surface area contributed by atoms with Gasteiger partial charge in [-0.05, 0) is 24.6 Å². The van der Waals surface area contributed by atoms with E-state index in [0.29, 0.717) is 16.2 Å². The Hall–Kier alpha value is -3.48. The van der Waals surface area contributed by atoms with Gasteiger partial charge in [0.1, 0.15) is 5.54 Å². The van der Waals surface area contributed by atoms with Gasteiger partial charge in [-0.1, -0.05) is 53.6 Å². The van der Waals surface area contributed by atoms with Gasteiger partial charge in [0.05, 0.1) is 5.92 Å². The summed E-state index contributed by atoms with van der Waals surface area (Å²) in [5.41, 5.74) is -0.737. The Morgan fingerprint density at radius 2 is 1.56 bits per heavy atom. The van der Waals surface area contributed by atoms with Crippen LogP contribution in [-0.4, -0.2) is 34.3 Å². The minimum absolute atomic E-state index is 0.344. The van der Waals surface area contributed by atoms with Crippen molar-refractivity contribution in [3.05, 3.63) is 71.8 Å². The third-order valence-electron chi connectivity index (χ3n) is 4.42. The average Bonchev–Trinajstić information content (AvgIpc) is 2.83. The molecule has 138 valence electrons. The maximum atomic E-state index is 12.9. The summed E-state index contributed by atoms with van der Waals surface area (Å²) in [4.78, 5) is 54.6. The van der Waals surface area contributed by atoms with Crippen LogP contribution in [0.1, 0.15) is 35.7 Å². The van der Waals surface area contributed by atoms with Gasteiger partial charge in [-0.3, -0.25) is 14.4 Å². The molecule has 1 saturated heterocycles. The predicted octanol–water partition coefficient (Wildman–Crippen LogP) is 1.81. The summed E-state index contributed by atoms with van der Waals surface area (Å²) in [6.07, 6.45) is 0. The summed E-state index contributed by atoms with van der Waals surface area (Å²) in [6, 6.07) is 16.9. The average molecular weight is 366 g/mol. The fourth-order valence-electron chi connectivity index (χ4n) is 3.16. The molecule has 27 heavy (non-hydrogen) atoms. The summed E-state index contributed by atoms with van der Waals surface area (Å²) in [5.74, 6) is -3.86. The number of imide groups is 1. The van der Waals surface area contributed by atoms with Gasteiger partial charge < -0.3 is 10.2 Å². The smallest absolute Gasteiger partial charge is 0.330 e. The molecule has 1 aliphatic rings. The van der Waals surface area contributed by atoms with Crippen LogP contribution in [0.15, 0.2) is 60.7 Å². The van der Waals surface area contributed by atoms with Crippen molar-refractivity contribution in [2.45, 2.75) is 25.3 Å². The van der Waals surface area contributed by atoms with E-state index in [1.165, 1.54) is 6.92 Å². The first kappa shape index (κ1) is 18.3. The highest BCUT2D eigenvalue weighted by atomic mass is 16.7. The minimum atomic E-state index is -1.61. The molecule has 1 N–H and O–H groups in total. The molecule has 3 rings (SSSR count). The van der Waals surface area contributed by atoms with Gasteiger partial charge in [-0.25, -0.2) is 4.79 Å². The number of benzene rings is 2. The second-order valence-corrected chi connectivity index (χ2v) is 6.39. The normalized spacial score (nSPS) is 21.9. The number of hydrogen-bond donors (Lipinski definition) is 1. The molecule has 7 nitrogen and oxygen atoms in total. The van der Waals surface area contributed by atoms with Gasteiger partial charge >= 0.3 is 5.97 Å². The van der Waals surface area contributed by atoms with Crippen molar-refractivity contribution < 1.29 is 24.0 Å². The maximum Gasteiger partial charge on any atom is 0.330 e. The van der Waals surface area contributed by atoms with E-state index in [1.807, 2.05) is 0 Å². The zero-order chi connectivity index (χ0) is 19.6. The zero-order valence-electron chi connectivity index (χ0n) is 14.8. The van der Waals surface area contributed by atoms with Gasteiger partial charge in [-0.15, -0.1) is 0 Å². The standard InChI is InChI=1S/C20H18N2O5/c1-13(23)27-22-18(25)16(14-9-5-3-6-10-14)20(2,19(22)26)21-17(24)15-11-7-4-8-12-15/h3-12,16H,1-2H3,(H,21,24)/t16-,20+/m0/s1. The van der Waals surface area contributed by atoms with E-state index in [0.717, 1.165) is 6.92 Å². The Balaban J connectivity index is 2.02. The molecule has 0 unspecified atom stereocenters. The number of carbonyl (C=O) groups is 4. The van der Waals surface area contributed by atoms with E-state index in [-0.39, 0.29) is 0 Å². The van der Waals surface area contributed by atoms with E-state index >= 15 is 0 Å². The lowest BCUT2D eigenvalue weighted by Crippen LogP contribution is -2.54. The molecule has 2 atom stereocenters. The van der Waals surface area contributed by atoms with Gasteiger partial charge in [0, 0.05) is 12.5 Å². The highest BCUT2D eigenvalue weighted by Crippen LogP contribution is 2.38. The minimum Gasteiger partial charge on any atom is -0.337 e. The summed E-state index contributed by atoms with van der Waals surface area (Å²) in [6.45, 7) is 2.55. The van der Waals surface area contributed by atoms with Crippen LogP contribution in [0.4, 0.5) is 0 Å². The van der Waals surface area contributed by atoms with Crippen LogP contribution >= 0.6 is 0 Å². The predicted molar refractivity (Wildman–Crippen MR) is 95.1 cm³/mol. The molecule has 2 aromatic rings. The van der Waals surface area contributed by atoms with E-state index in [4.69, 9.17) is 4.84 Å². The molecule has 1 aliphatic heterocycles. The van der Waals surface area contributed by atoms with Crippen molar-refractivity contribution in [1.82, 2.24) is 10.4 Å². The fourth-order valence-corrected chi connectivity index (χ4v) is 3.16. The lowest BCUT2D eigenvalue weighted by atomic mass is 9.82. The molecule has 0 aromatic heterocycles. The number of carbonyl (C=O) groups excluding carboxylic acids is 4. The van der Waals surface area contributed by atoms with Gasteiger partial charge in [0.15, 0.2) is 0 Å². The highest BCUT2D eigenvalue weighted by molar-refractivity contribution is 6.14. The maximum absolute atomic E-state index is 12.9.